The number of carbonyl (C=O) groups excluding carboxylic acids is 2. The van der Waals surface area contributed by atoms with Crippen LogP contribution in [0, 0.1) is 11.8 Å². The minimum absolute atomic E-state index is 0.0216. The monoisotopic (exact) mass is 573 g/mol. The quantitative estimate of drug-likeness (QED) is 0.293. The third-order valence-corrected chi connectivity index (χ3v) is 7.06. The van der Waals surface area contributed by atoms with Gasteiger partial charge in [-0.3, -0.25) is 14.6 Å². The number of fused-ring (bicyclic) bond motifs is 2. The lowest BCUT2D eigenvalue weighted by Gasteiger charge is -2.16. The molecule has 0 aliphatic carbocycles. The molecule has 4 heterocycles. The average Bonchev–Trinajstić information content (AvgIpc) is 3.61. The van der Waals surface area contributed by atoms with E-state index in [-0.39, 0.29) is 57.2 Å². The number of hydrogen-bond acceptors (Lipinski definition) is 9. The summed E-state index contributed by atoms with van der Waals surface area (Å²) in [5.41, 5.74) is 12.2. The van der Waals surface area contributed by atoms with Crippen LogP contribution in [0.4, 0.5) is 14.6 Å². The summed E-state index contributed by atoms with van der Waals surface area (Å²) < 4.78 is 32.1. The molecule has 210 valence electrons. The molecule has 5 rings (SSSR count). The fraction of sp³-hybridized carbons (Fsp3) is 0.320. The van der Waals surface area contributed by atoms with E-state index >= 15 is 0 Å². The topological polar surface area (TPSA) is 165 Å². The van der Waals surface area contributed by atoms with E-state index in [1.54, 1.807) is 17.2 Å². The Labute approximate surface area is 232 Å². The van der Waals surface area contributed by atoms with Crippen LogP contribution in [0.15, 0.2) is 47.3 Å². The maximum absolute atomic E-state index is 13.3. The number of aromatic nitrogens is 3. The Morgan fingerprint density at radius 1 is 1.30 bits per heavy atom. The molecule has 40 heavy (non-hydrogen) atoms. The van der Waals surface area contributed by atoms with Gasteiger partial charge in [-0.25, -0.2) is 9.50 Å². The number of likely N-dealkylation sites (tertiary alicyclic amines) is 1. The van der Waals surface area contributed by atoms with E-state index in [0.717, 1.165) is 13.1 Å². The van der Waals surface area contributed by atoms with E-state index in [1.807, 2.05) is 0 Å². The van der Waals surface area contributed by atoms with E-state index in [2.05, 4.69) is 30.4 Å². The third-order valence-electron chi connectivity index (χ3n) is 6.82. The van der Waals surface area contributed by atoms with E-state index in [4.69, 9.17) is 23.1 Å². The van der Waals surface area contributed by atoms with Crippen molar-refractivity contribution >= 4 is 46.8 Å². The minimum Gasteiger partial charge on any atom is -0.434 e. The SMILES string of the molecule is NC(=C(C=NCC(=O)N1CC2CNCC2C1)NC(=O)c1c(N)nn2cccnc12)c1cc(Cl)ccc1OC(F)F. The van der Waals surface area contributed by atoms with Crippen molar-refractivity contribution in [3.63, 3.8) is 0 Å². The summed E-state index contributed by atoms with van der Waals surface area (Å²) in [6.07, 6.45) is 4.22. The summed E-state index contributed by atoms with van der Waals surface area (Å²) >= 11 is 6.10. The maximum Gasteiger partial charge on any atom is 0.387 e. The Hall–Kier alpha value is -4.30. The van der Waals surface area contributed by atoms with Crippen LogP contribution in [-0.4, -0.2) is 76.9 Å². The smallest absolute Gasteiger partial charge is 0.387 e. The predicted molar refractivity (Wildman–Crippen MR) is 144 cm³/mol. The lowest BCUT2D eigenvalue weighted by molar-refractivity contribution is -0.128. The molecular formula is C25H26ClF2N9O3. The molecule has 2 saturated heterocycles. The number of nitrogens with zero attached hydrogens (tertiary/aromatic N) is 5. The largest absolute Gasteiger partial charge is 0.434 e. The van der Waals surface area contributed by atoms with Crippen LogP contribution >= 0.6 is 11.6 Å². The first kappa shape index (κ1) is 27.3. The fourth-order valence-electron chi connectivity index (χ4n) is 4.91. The molecule has 0 saturated carbocycles. The van der Waals surface area contributed by atoms with Gasteiger partial charge in [0.25, 0.3) is 5.91 Å². The number of carbonyl (C=O) groups is 2. The zero-order valence-electron chi connectivity index (χ0n) is 21.1. The number of amides is 2. The van der Waals surface area contributed by atoms with Gasteiger partial charge in [0.1, 0.15) is 17.9 Å². The molecule has 2 aromatic heterocycles. The first-order valence-corrected chi connectivity index (χ1v) is 12.7. The first-order valence-electron chi connectivity index (χ1n) is 12.3. The van der Waals surface area contributed by atoms with Gasteiger partial charge in [-0.2, -0.15) is 8.78 Å². The van der Waals surface area contributed by atoms with Gasteiger partial charge in [-0.15, -0.1) is 5.10 Å². The molecule has 2 unspecified atom stereocenters. The zero-order chi connectivity index (χ0) is 28.4. The highest BCUT2D eigenvalue weighted by Gasteiger charge is 2.37. The molecular weight excluding hydrogens is 548 g/mol. The van der Waals surface area contributed by atoms with Crippen LogP contribution in [0.5, 0.6) is 5.75 Å². The van der Waals surface area contributed by atoms with Gasteiger partial charge in [0.15, 0.2) is 11.5 Å². The molecule has 2 fully saturated rings. The van der Waals surface area contributed by atoms with Crippen LogP contribution in [-0.2, 0) is 4.79 Å². The molecule has 2 atom stereocenters. The van der Waals surface area contributed by atoms with Crippen molar-refractivity contribution in [3.8, 4) is 5.75 Å². The van der Waals surface area contributed by atoms with Crippen LogP contribution in [0.2, 0.25) is 5.02 Å². The Kier molecular flexibility index (Phi) is 7.80. The molecule has 15 heteroatoms. The van der Waals surface area contributed by atoms with Crippen molar-refractivity contribution in [2.45, 2.75) is 6.61 Å². The standard InChI is InChI=1S/C25H26ClF2N9O3/c26-15-2-3-18(40-25(27)28)16(6-15)21(29)17(9-32-10-19(38)36-11-13-7-31-8-14(13)12-36)34-24(39)20-22(30)35-37-5-1-4-33-23(20)37/h1-6,9,13-14,25,31H,7-8,10-12,29H2,(H2,30,35)(H,34,39). The number of benzene rings is 1. The van der Waals surface area contributed by atoms with Gasteiger partial charge in [-0.1, -0.05) is 11.6 Å². The van der Waals surface area contributed by atoms with Crippen molar-refractivity contribution in [2.75, 3.05) is 38.5 Å². The molecule has 1 aromatic carbocycles. The van der Waals surface area contributed by atoms with E-state index in [9.17, 15) is 18.4 Å². The van der Waals surface area contributed by atoms with E-state index in [0.29, 0.717) is 24.9 Å². The summed E-state index contributed by atoms with van der Waals surface area (Å²) in [4.78, 5) is 36.3. The summed E-state index contributed by atoms with van der Waals surface area (Å²) in [7, 11) is 0. The average molecular weight is 574 g/mol. The number of ether oxygens (including phenoxy) is 1. The number of allylic oxidation sites excluding steroid dienone is 1. The number of alkyl halides is 2. The highest BCUT2D eigenvalue weighted by atomic mass is 35.5. The molecule has 0 radical (unpaired) electrons. The van der Waals surface area contributed by atoms with Crippen molar-refractivity contribution in [1.29, 1.82) is 0 Å². The van der Waals surface area contributed by atoms with Crippen LogP contribution < -0.4 is 26.8 Å². The van der Waals surface area contributed by atoms with Crippen LogP contribution in [0.1, 0.15) is 15.9 Å². The highest BCUT2D eigenvalue weighted by Crippen LogP contribution is 2.30. The number of aliphatic imine (C=N–C) groups is 1. The lowest BCUT2D eigenvalue weighted by Crippen LogP contribution is -2.33. The maximum atomic E-state index is 13.3. The van der Waals surface area contributed by atoms with E-state index in [1.165, 1.54) is 35.1 Å². The Balaban J connectivity index is 1.45. The Morgan fingerprint density at radius 2 is 2.05 bits per heavy atom. The highest BCUT2D eigenvalue weighted by molar-refractivity contribution is 6.30. The van der Waals surface area contributed by atoms with Crippen molar-refractivity contribution in [2.24, 2.45) is 22.6 Å². The minimum atomic E-state index is -3.14. The molecule has 12 nitrogen and oxygen atoms in total. The summed E-state index contributed by atoms with van der Waals surface area (Å²) in [5.74, 6) is -0.462. The first-order chi connectivity index (χ1) is 19.2. The van der Waals surface area contributed by atoms with Crippen molar-refractivity contribution in [1.82, 2.24) is 30.1 Å². The van der Waals surface area contributed by atoms with Gasteiger partial charge in [0.2, 0.25) is 5.91 Å². The van der Waals surface area contributed by atoms with Gasteiger partial charge in [-0.05, 0) is 36.1 Å². The second-order valence-corrected chi connectivity index (χ2v) is 9.83. The van der Waals surface area contributed by atoms with Crippen molar-refractivity contribution < 1.29 is 23.1 Å². The van der Waals surface area contributed by atoms with E-state index < -0.39 is 12.5 Å². The number of rotatable bonds is 8. The molecule has 0 spiro atoms. The number of hydrogen-bond donors (Lipinski definition) is 4. The number of halogens is 3. The molecule has 3 aromatic rings. The Morgan fingerprint density at radius 3 is 2.77 bits per heavy atom. The van der Waals surface area contributed by atoms with Gasteiger partial charge in [0, 0.05) is 55.4 Å². The number of anilines is 1. The molecule has 2 aliphatic rings. The normalized spacial score (nSPS) is 19.4. The predicted octanol–water partition coefficient (Wildman–Crippen LogP) is 1.37. The number of nitrogen functional groups attached to an aromatic ring is 1. The zero-order valence-corrected chi connectivity index (χ0v) is 21.8. The number of nitrogens with two attached hydrogens (primary N) is 2. The van der Waals surface area contributed by atoms with Gasteiger partial charge >= 0.3 is 6.61 Å². The molecule has 2 amide bonds. The molecule has 0 bridgehead atoms. The summed E-state index contributed by atoms with van der Waals surface area (Å²) in [6.45, 7) is -0.321. The third kappa shape index (κ3) is 5.67. The fourth-order valence-corrected chi connectivity index (χ4v) is 5.08. The van der Waals surface area contributed by atoms with Gasteiger partial charge in [0.05, 0.1) is 11.4 Å². The summed E-state index contributed by atoms with van der Waals surface area (Å²) in [6, 6.07) is 5.50. The number of nitrogens with one attached hydrogen (secondary N) is 2. The molecule has 6 N–H and O–H groups in total. The van der Waals surface area contributed by atoms with Crippen LogP contribution in [0.25, 0.3) is 11.3 Å². The summed E-state index contributed by atoms with van der Waals surface area (Å²) in [5, 5.41) is 10.2. The second kappa shape index (κ2) is 11.4. The Bertz CT molecular complexity index is 1500. The molecule has 2 aliphatic heterocycles. The van der Waals surface area contributed by atoms with Crippen LogP contribution in [0.3, 0.4) is 0 Å². The van der Waals surface area contributed by atoms with Crippen molar-refractivity contribution in [3.05, 3.63) is 58.5 Å². The van der Waals surface area contributed by atoms with Gasteiger partial charge < -0.3 is 31.7 Å². The lowest BCUT2D eigenvalue weighted by atomic mass is 10.0. The second-order valence-electron chi connectivity index (χ2n) is 9.40.